The van der Waals surface area contributed by atoms with Crippen molar-refractivity contribution in [1.29, 1.82) is 0 Å². The highest BCUT2D eigenvalue weighted by Crippen LogP contribution is 2.39. The second-order valence-electron chi connectivity index (χ2n) is 10.3. The average molecular weight is 534 g/mol. The number of hydrogen-bond donors (Lipinski definition) is 3. The second kappa shape index (κ2) is 17.5. The Bertz CT molecular complexity index is 641. The van der Waals surface area contributed by atoms with Gasteiger partial charge in [-0.1, -0.05) is 28.0 Å². The summed E-state index contributed by atoms with van der Waals surface area (Å²) >= 11 is 0. The van der Waals surface area contributed by atoms with E-state index in [-0.39, 0.29) is 36.2 Å². The van der Waals surface area contributed by atoms with Gasteiger partial charge in [-0.15, -0.1) is 0 Å². The molecule has 0 aromatic carbocycles. The van der Waals surface area contributed by atoms with Crippen LogP contribution in [0.4, 0.5) is 0 Å². The van der Waals surface area contributed by atoms with E-state index in [9.17, 15) is 14.4 Å². The van der Waals surface area contributed by atoms with Gasteiger partial charge in [0.15, 0.2) is 0 Å². The smallest absolute Gasteiger partial charge is 0.220 e. The number of nitrogens with one attached hydrogen (secondary N) is 3. The third-order valence-electron chi connectivity index (χ3n) is 5.86. The van der Waals surface area contributed by atoms with Crippen molar-refractivity contribution in [3.05, 3.63) is 0 Å². The molecule has 8 nitrogen and oxygen atoms in total. The van der Waals surface area contributed by atoms with Gasteiger partial charge in [0.05, 0.1) is 5.60 Å². The predicted molar refractivity (Wildman–Crippen MR) is 146 cm³/mol. The SMILES string of the molecule is COCCC(C)(C)OCCC(C)(C)NC(=O)CCC(=O)NCCNC(=O)CCCCC1CCSS1. The minimum atomic E-state index is -0.427. The van der Waals surface area contributed by atoms with Crippen LogP contribution in [-0.4, -0.2) is 73.3 Å². The summed E-state index contributed by atoms with van der Waals surface area (Å²) in [6.45, 7) is 9.88. The average Bonchev–Trinajstić information content (AvgIpc) is 3.30. The number of ether oxygens (including phenoxy) is 2. The first-order valence-corrected chi connectivity index (χ1v) is 15.2. The normalized spacial score (nSPS) is 16.2. The van der Waals surface area contributed by atoms with Crippen LogP contribution in [0.15, 0.2) is 0 Å². The zero-order valence-corrected chi connectivity index (χ0v) is 24.0. The molecular weight excluding hydrogens is 486 g/mol. The molecule has 0 aromatic rings. The molecule has 204 valence electrons. The Morgan fingerprint density at radius 2 is 1.54 bits per heavy atom. The molecule has 1 saturated heterocycles. The zero-order valence-electron chi connectivity index (χ0n) is 22.3. The standard InChI is InChI=1S/C25H47N3O5S2/c1-24(2,13-18-33-25(3,4)14-17-32-5)28-23(31)11-10-22(30)27-16-15-26-21(29)9-7-6-8-20-12-19-34-35-20/h20H,6-19H2,1-5H3,(H,26,29)(H,27,30)(H,28,31). The predicted octanol–water partition coefficient (Wildman–Crippen LogP) is 3.83. The maximum Gasteiger partial charge on any atom is 0.220 e. The highest BCUT2D eigenvalue weighted by molar-refractivity contribution is 8.77. The first-order valence-electron chi connectivity index (χ1n) is 12.8. The van der Waals surface area contributed by atoms with Crippen molar-refractivity contribution in [3.8, 4) is 0 Å². The fourth-order valence-corrected chi connectivity index (χ4v) is 6.56. The number of carbonyl (C=O) groups excluding carboxylic acids is 3. The van der Waals surface area contributed by atoms with Gasteiger partial charge < -0.3 is 25.4 Å². The molecular formula is C25H47N3O5S2. The summed E-state index contributed by atoms with van der Waals surface area (Å²) in [4.78, 5) is 36.2. The quantitative estimate of drug-likeness (QED) is 0.171. The van der Waals surface area contributed by atoms with Gasteiger partial charge in [-0.05, 0) is 59.8 Å². The number of amides is 3. The van der Waals surface area contributed by atoms with Gasteiger partial charge >= 0.3 is 0 Å². The van der Waals surface area contributed by atoms with Gasteiger partial charge in [0.25, 0.3) is 0 Å². The molecule has 0 bridgehead atoms. The number of methoxy groups -OCH3 is 1. The molecule has 1 rings (SSSR count). The van der Waals surface area contributed by atoms with Crippen LogP contribution in [0.3, 0.4) is 0 Å². The Morgan fingerprint density at radius 1 is 0.886 bits per heavy atom. The lowest BCUT2D eigenvalue weighted by atomic mass is 10.00. The van der Waals surface area contributed by atoms with Crippen LogP contribution in [0.25, 0.3) is 0 Å². The van der Waals surface area contributed by atoms with Crippen molar-refractivity contribution in [1.82, 2.24) is 16.0 Å². The number of rotatable bonds is 19. The molecule has 1 fully saturated rings. The summed E-state index contributed by atoms with van der Waals surface area (Å²) in [5, 5.41) is 9.34. The van der Waals surface area contributed by atoms with Crippen LogP contribution in [0, 0.1) is 0 Å². The molecule has 0 saturated carbocycles. The molecule has 1 unspecified atom stereocenters. The molecule has 1 heterocycles. The molecule has 1 aliphatic heterocycles. The molecule has 35 heavy (non-hydrogen) atoms. The van der Waals surface area contributed by atoms with E-state index in [1.807, 2.05) is 49.3 Å². The van der Waals surface area contributed by atoms with Crippen LogP contribution in [0.2, 0.25) is 0 Å². The fourth-order valence-electron chi connectivity index (χ4n) is 3.53. The molecule has 0 aromatic heterocycles. The number of unbranched alkanes of at least 4 members (excludes halogenated alkanes) is 1. The van der Waals surface area contributed by atoms with Gasteiger partial charge in [0.1, 0.15) is 0 Å². The van der Waals surface area contributed by atoms with Crippen LogP contribution in [-0.2, 0) is 23.9 Å². The Hall–Kier alpha value is -0.970. The Morgan fingerprint density at radius 3 is 2.17 bits per heavy atom. The first kappa shape index (κ1) is 32.1. The van der Waals surface area contributed by atoms with Crippen molar-refractivity contribution in [3.63, 3.8) is 0 Å². The van der Waals surface area contributed by atoms with E-state index in [1.54, 1.807) is 7.11 Å². The van der Waals surface area contributed by atoms with Gasteiger partial charge in [-0.25, -0.2) is 0 Å². The third kappa shape index (κ3) is 17.2. The van der Waals surface area contributed by atoms with Crippen LogP contribution in [0.1, 0.15) is 85.5 Å². The summed E-state index contributed by atoms with van der Waals surface area (Å²) in [5.74, 6) is 0.920. The monoisotopic (exact) mass is 533 g/mol. The van der Waals surface area contributed by atoms with E-state index in [2.05, 4.69) is 16.0 Å². The lowest BCUT2D eigenvalue weighted by Crippen LogP contribution is -2.45. The van der Waals surface area contributed by atoms with Gasteiger partial charge in [0, 0.05) is 69.2 Å². The first-order chi connectivity index (χ1) is 16.5. The summed E-state index contributed by atoms with van der Waals surface area (Å²) < 4.78 is 11.0. The van der Waals surface area contributed by atoms with E-state index in [0.29, 0.717) is 39.1 Å². The molecule has 1 aliphatic rings. The summed E-state index contributed by atoms with van der Waals surface area (Å²) in [6, 6.07) is 0. The fraction of sp³-hybridized carbons (Fsp3) is 0.880. The molecule has 10 heteroatoms. The summed E-state index contributed by atoms with van der Waals surface area (Å²) in [6.07, 6.45) is 6.70. The van der Waals surface area contributed by atoms with E-state index in [0.717, 1.165) is 24.5 Å². The van der Waals surface area contributed by atoms with Gasteiger partial charge in [-0.3, -0.25) is 14.4 Å². The molecule has 0 aliphatic carbocycles. The lowest BCUT2D eigenvalue weighted by molar-refractivity contribution is -0.127. The zero-order chi connectivity index (χ0) is 26.2. The molecule has 0 spiro atoms. The molecule has 0 radical (unpaired) electrons. The Labute approximate surface area is 219 Å². The van der Waals surface area contributed by atoms with E-state index in [1.165, 1.54) is 18.6 Å². The largest absolute Gasteiger partial charge is 0.385 e. The maximum absolute atomic E-state index is 12.3. The van der Waals surface area contributed by atoms with Crippen molar-refractivity contribution in [2.45, 2.75) is 102 Å². The molecule has 3 amide bonds. The second-order valence-corrected chi connectivity index (χ2v) is 13.1. The van der Waals surface area contributed by atoms with Gasteiger partial charge in [-0.2, -0.15) is 0 Å². The van der Waals surface area contributed by atoms with Crippen molar-refractivity contribution in [2.24, 2.45) is 0 Å². The maximum atomic E-state index is 12.3. The Kier molecular flexibility index (Phi) is 16.0. The number of carbonyl (C=O) groups is 3. The van der Waals surface area contributed by atoms with Crippen LogP contribution in [0.5, 0.6) is 0 Å². The molecule has 3 N–H and O–H groups in total. The summed E-state index contributed by atoms with van der Waals surface area (Å²) in [7, 11) is 5.60. The van der Waals surface area contributed by atoms with E-state index < -0.39 is 5.54 Å². The minimum Gasteiger partial charge on any atom is -0.385 e. The van der Waals surface area contributed by atoms with Crippen molar-refractivity contribution < 1.29 is 23.9 Å². The topological polar surface area (TPSA) is 106 Å². The number of hydrogen-bond acceptors (Lipinski definition) is 7. The minimum absolute atomic E-state index is 0.0281. The van der Waals surface area contributed by atoms with Crippen LogP contribution >= 0.6 is 21.6 Å². The Balaban J connectivity index is 2.06. The van der Waals surface area contributed by atoms with E-state index >= 15 is 0 Å². The third-order valence-corrected chi connectivity index (χ3v) is 8.87. The lowest BCUT2D eigenvalue weighted by Gasteiger charge is -2.30. The van der Waals surface area contributed by atoms with E-state index in [4.69, 9.17) is 9.47 Å². The highest BCUT2D eigenvalue weighted by Gasteiger charge is 2.24. The van der Waals surface area contributed by atoms with Gasteiger partial charge in [0.2, 0.25) is 17.7 Å². The van der Waals surface area contributed by atoms with Crippen molar-refractivity contribution >= 4 is 39.3 Å². The van der Waals surface area contributed by atoms with Crippen molar-refractivity contribution in [2.75, 3.05) is 39.2 Å². The highest BCUT2D eigenvalue weighted by atomic mass is 33.1. The summed E-state index contributed by atoms with van der Waals surface area (Å²) in [5.41, 5.74) is -0.703. The molecule has 1 atom stereocenters. The van der Waals surface area contributed by atoms with Crippen LogP contribution < -0.4 is 16.0 Å².